The first-order valence-corrected chi connectivity index (χ1v) is 6.34. The van der Waals surface area contributed by atoms with E-state index in [2.05, 4.69) is 0 Å². The molecule has 0 radical (unpaired) electrons. The molecular weight excluding hydrogens is 202 g/mol. The van der Waals surface area contributed by atoms with Crippen LogP contribution in [-0.4, -0.2) is 17.6 Å². The molecular formula is C13H25NO2. The Morgan fingerprint density at radius 3 is 2.44 bits per heavy atom. The molecule has 3 heteroatoms. The highest BCUT2D eigenvalue weighted by Crippen LogP contribution is 2.28. The standard InChI is InChI=1S/C13H25NO2/c1-13(2,3)16-12(15)9-11(14)8-10-6-4-5-7-10/h10-11H,4-9,14H2,1-3H3/t11-/m1/s1. The van der Waals surface area contributed by atoms with Gasteiger partial charge in [-0.2, -0.15) is 0 Å². The monoisotopic (exact) mass is 227 g/mol. The number of carbonyl (C=O) groups excluding carboxylic acids is 1. The first-order valence-electron chi connectivity index (χ1n) is 6.34. The van der Waals surface area contributed by atoms with E-state index < -0.39 is 5.60 Å². The Bertz CT molecular complexity index is 227. The Balaban J connectivity index is 2.22. The topological polar surface area (TPSA) is 52.3 Å². The van der Waals surface area contributed by atoms with E-state index in [4.69, 9.17) is 10.5 Å². The maximum absolute atomic E-state index is 11.5. The maximum Gasteiger partial charge on any atom is 0.307 e. The number of hydrogen-bond donors (Lipinski definition) is 1. The predicted molar refractivity (Wildman–Crippen MR) is 65.0 cm³/mol. The van der Waals surface area contributed by atoms with Crippen LogP contribution in [0.1, 0.15) is 59.3 Å². The molecule has 1 aliphatic rings. The Kier molecular flexibility index (Phi) is 4.78. The van der Waals surface area contributed by atoms with Crippen LogP contribution in [-0.2, 0) is 9.53 Å². The van der Waals surface area contributed by atoms with E-state index in [9.17, 15) is 4.79 Å². The molecule has 16 heavy (non-hydrogen) atoms. The van der Waals surface area contributed by atoms with Gasteiger partial charge in [0.05, 0.1) is 6.42 Å². The van der Waals surface area contributed by atoms with Crippen molar-refractivity contribution in [2.45, 2.75) is 70.9 Å². The third kappa shape index (κ3) is 5.50. The van der Waals surface area contributed by atoms with Gasteiger partial charge in [0.1, 0.15) is 5.60 Å². The molecule has 0 aromatic heterocycles. The molecule has 0 aromatic carbocycles. The Hall–Kier alpha value is -0.570. The third-order valence-corrected chi connectivity index (χ3v) is 2.96. The average molecular weight is 227 g/mol. The van der Waals surface area contributed by atoms with Gasteiger partial charge in [0.25, 0.3) is 0 Å². The molecule has 1 aliphatic carbocycles. The second-order valence-electron chi connectivity index (χ2n) is 5.94. The number of ether oxygens (including phenoxy) is 1. The van der Waals surface area contributed by atoms with Crippen molar-refractivity contribution in [3.05, 3.63) is 0 Å². The van der Waals surface area contributed by atoms with E-state index in [-0.39, 0.29) is 12.0 Å². The molecule has 2 N–H and O–H groups in total. The summed E-state index contributed by atoms with van der Waals surface area (Å²) in [6.07, 6.45) is 6.53. The number of carbonyl (C=O) groups is 1. The average Bonchev–Trinajstić information content (AvgIpc) is 2.51. The van der Waals surface area contributed by atoms with E-state index >= 15 is 0 Å². The molecule has 0 unspecified atom stereocenters. The summed E-state index contributed by atoms with van der Waals surface area (Å²) < 4.78 is 5.25. The van der Waals surface area contributed by atoms with Gasteiger partial charge < -0.3 is 10.5 Å². The molecule has 3 nitrogen and oxygen atoms in total. The van der Waals surface area contributed by atoms with Gasteiger partial charge in [-0.1, -0.05) is 25.7 Å². The minimum Gasteiger partial charge on any atom is -0.460 e. The molecule has 94 valence electrons. The SMILES string of the molecule is CC(C)(C)OC(=O)C[C@H](N)CC1CCCC1. The summed E-state index contributed by atoms with van der Waals surface area (Å²) in [5, 5.41) is 0. The minimum atomic E-state index is -0.399. The van der Waals surface area contributed by atoms with E-state index in [1.54, 1.807) is 0 Å². The summed E-state index contributed by atoms with van der Waals surface area (Å²) >= 11 is 0. The largest absolute Gasteiger partial charge is 0.460 e. The molecule has 1 atom stereocenters. The van der Waals surface area contributed by atoms with Crippen molar-refractivity contribution in [1.29, 1.82) is 0 Å². The van der Waals surface area contributed by atoms with Gasteiger partial charge in [0.15, 0.2) is 0 Å². The van der Waals surface area contributed by atoms with Crippen molar-refractivity contribution >= 4 is 5.97 Å². The molecule has 0 saturated heterocycles. The van der Waals surface area contributed by atoms with Gasteiger partial charge in [-0.05, 0) is 33.1 Å². The first kappa shape index (κ1) is 13.5. The van der Waals surface area contributed by atoms with Gasteiger partial charge in [-0.3, -0.25) is 4.79 Å². The summed E-state index contributed by atoms with van der Waals surface area (Å²) in [4.78, 5) is 11.5. The fourth-order valence-corrected chi connectivity index (χ4v) is 2.35. The molecule has 1 fully saturated rings. The van der Waals surface area contributed by atoms with Gasteiger partial charge in [-0.15, -0.1) is 0 Å². The zero-order valence-electron chi connectivity index (χ0n) is 10.8. The number of hydrogen-bond acceptors (Lipinski definition) is 3. The fourth-order valence-electron chi connectivity index (χ4n) is 2.35. The Morgan fingerprint density at radius 1 is 1.38 bits per heavy atom. The van der Waals surface area contributed by atoms with Crippen LogP contribution in [0, 0.1) is 5.92 Å². The fraction of sp³-hybridized carbons (Fsp3) is 0.923. The summed E-state index contributed by atoms with van der Waals surface area (Å²) in [5.41, 5.74) is 5.57. The minimum absolute atomic E-state index is 0.0297. The van der Waals surface area contributed by atoms with Gasteiger partial charge >= 0.3 is 5.97 Å². The number of nitrogens with two attached hydrogens (primary N) is 1. The van der Waals surface area contributed by atoms with Crippen molar-refractivity contribution in [2.24, 2.45) is 11.7 Å². The van der Waals surface area contributed by atoms with Gasteiger partial charge in [0, 0.05) is 6.04 Å². The van der Waals surface area contributed by atoms with Crippen molar-refractivity contribution in [2.75, 3.05) is 0 Å². The molecule has 0 amide bonds. The van der Waals surface area contributed by atoms with E-state index in [1.165, 1.54) is 25.7 Å². The van der Waals surface area contributed by atoms with Crippen LogP contribution in [0.15, 0.2) is 0 Å². The molecule has 1 rings (SSSR count). The Morgan fingerprint density at radius 2 is 1.94 bits per heavy atom. The van der Waals surface area contributed by atoms with Gasteiger partial charge in [0.2, 0.25) is 0 Å². The summed E-state index contributed by atoms with van der Waals surface area (Å²) in [5.74, 6) is 0.565. The van der Waals surface area contributed by atoms with Crippen LogP contribution >= 0.6 is 0 Å². The predicted octanol–water partition coefficient (Wildman–Crippen LogP) is 2.63. The second-order valence-corrected chi connectivity index (χ2v) is 5.94. The van der Waals surface area contributed by atoms with Gasteiger partial charge in [-0.25, -0.2) is 0 Å². The number of rotatable bonds is 4. The van der Waals surface area contributed by atoms with Crippen molar-refractivity contribution < 1.29 is 9.53 Å². The second kappa shape index (κ2) is 5.67. The summed E-state index contributed by atoms with van der Waals surface area (Å²) in [6.45, 7) is 5.65. The van der Waals surface area contributed by atoms with Crippen LogP contribution < -0.4 is 5.73 Å². The maximum atomic E-state index is 11.5. The van der Waals surface area contributed by atoms with Crippen molar-refractivity contribution in [3.63, 3.8) is 0 Å². The smallest absolute Gasteiger partial charge is 0.307 e. The lowest BCUT2D eigenvalue weighted by Crippen LogP contribution is -2.31. The lowest BCUT2D eigenvalue weighted by Gasteiger charge is -2.21. The molecule has 0 bridgehead atoms. The molecule has 0 spiro atoms. The van der Waals surface area contributed by atoms with E-state index in [1.807, 2.05) is 20.8 Å². The first-order chi connectivity index (χ1) is 7.37. The summed E-state index contributed by atoms with van der Waals surface area (Å²) in [7, 11) is 0. The molecule has 0 aromatic rings. The highest BCUT2D eigenvalue weighted by atomic mass is 16.6. The lowest BCUT2D eigenvalue weighted by molar-refractivity contribution is -0.155. The van der Waals surface area contributed by atoms with E-state index in [0.717, 1.165) is 12.3 Å². The quantitative estimate of drug-likeness (QED) is 0.751. The van der Waals surface area contributed by atoms with Crippen molar-refractivity contribution in [1.82, 2.24) is 0 Å². The highest BCUT2D eigenvalue weighted by Gasteiger charge is 2.22. The van der Waals surface area contributed by atoms with Crippen LogP contribution in [0.25, 0.3) is 0 Å². The zero-order chi connectivity index (χ0) is 12.2. The Labute approximate surface area is 98.7 Å². The number of esters is 1. The van der Waals surface area contributed by atoms with Crippen molar-refractivity contribution in [3.8, 4) is 0 Å². The zero-order valence-corrected chi connectivity index (χ0v) is 10.8. The molecule has 0 heterocycles. The highest BCUT2D eigenvalue weighted by molar-refractivity contribution is 5.70. The normalized spacial score (nSPS) is 19.8. The van der Waals surface area contributed by atoms with Crippen LogP contribution in [0.5, 0.6) is 0 Å². The van der Waals surface area contributed by atoms with E-state index in [0.29, 0.717) is 6.42 Å². The lowest BCUT2D eigenvalue weighted by atomic mass is 9.97. The van der Waals surface area contributed by atoms with Crippen LogP contribution in [0.4, 0.5) is 0 Å². The van der Waals surface area contributed by atoms with Crippen LogP contribution in [0.2, 0.25) is 0 Å². The molecule has 1 saturated carbocycles. The van der Waals surface area contributed by atoms with Crippen LogP contribution in [0.3, 0.4) is 0 Å². The summed E-state index contributed by atoms with van der Waals surface area (Å²) in [6, 6.07) is -0.0297. The third-order valence-electron chi connectivity index (χ3n) is 2.96. The molecule has 0 aliphatic heterocycles.